The van der Waals surface area contributed by atoms with Crippen LogP contribution in [0.5, 0.6) is 0 Å². The van der Waals surface area contributed by atoms with Crippen LogP contribution in [0.25, 0.3) is 0 Å². The fourth-order valence-corrected chi connectivity index (χ4v) is 3.46. The molecule has 0 saturated carbocycles. The fraction of sp³-hybridized carbons (Fsp3) is 1.00. The van der Waals surface area contributed by atoms with Gasteiger partial charge in [-0.05, 0) is 38.9 Å². The van der Waals surface area contributed by atoms with Crippen LogP contribution in [0.2, 0.25) is 0 Å². The first-order valence-corrected chi connectivity index (χ1v) is 8.03. The van der Waals surface area contributed by atoms with Crippen molar-refractivity contribution >= 4 is 0 Å². The van der Waals surface area contributed by atoms with Gasteiger partial charge in [-0.2, -0.15) is 0 Å². The van der Waals surface area contributed by atoms with Gasteiger partial charge >= 0.3 is 0 Å². The molecule has 0 aromatic heterocycles. The van der Waals surface area contributed by atoms with E-state index in [9.17, 15) is 0 Å². The third kappa shape index (κ3) is 3.96. The maximum absolute atomic E-state index is 3.78. The Labute approximate surface area is 116 Å². The predicted octanol–water partition coefficient (Wildman–Crippen LogP) is 3.91. The normalized spacial score (nSPS) is 17.2. The number of nitrogens with one attached hydrogen (secondary N) is 1. The lowest BCUT2D eigenvalue weighted by Gasteiger charge is -2.49. The summed E-state index contributed by atoms with van der Waals surface area (Å²) in [7, 11) is 0. The molecule has 2 atom stereocenters. The van der Waals surface area contributed by atoms with Gasteiger partial charge in [0, 0.05) is 11.6 Å². The molecular formula is C16H36N2. The number of hydrogen-bond donors (Lipinski definition) is 1. The summed E-state index contributed by atoms with van der Waals surface area (Å²) in [4.78, 5) is 2.64. The van der Waals surface area contributed by atoms with Crippen molar-refractivity contribution < 1.29 is 0 Å². The van der Waals surface area contributed by atoms with Crippen LogP contribution in [-0.4, -0.2) is 36.1 Å². The third-order valence-corrected chi connectivity index (χ3v) is 4.82. The molecule has 110 valence electrons. The smallest absolute Gasteiger partial charge is 0.0334 e. The summed E-state index contributed by atoms with van der Waals surface area (Å²) >= 11 is 0. The Bertz CT molecular complexity index is 197. The second-order valence-corrected chi connectivity index (χ2v) is 5.49. The van der Waals surface area contributed by atoms with Gasteiger partial charge in [0.15, 0.2) is 0 Å². The van der Waals surface area contributed by atoms with Crippen molar-refractivity contribution in [2.75, 3.05) is 19.6 Å². The van der Waals surface area contributed by atoms with E-state index in [0.717, 1.165) is 25.6 Å². The van der Waals surface area contributed by atoms with Gasteiger partial charge in [-0.15, -0.1) is 0 Å². The van der Waals surface area contributed by atoms with Crippen molar-refractivity contribution in [3.05, 3.63) is 0 Å². The van der Waals surface area contributed by atoms with E-state index in [1.807, 2.05) is 0 Å². The second kappa shape index (κ2) is 8.92. The van der Waals surface area contributed by atoms with Crippen molar-refractivity contribution in [3.8, 4) is 0 Å². The van der Waals surface area contributed by atoms with Crippen LogP contribution < -0.4 is 5.32 Å². The Morgan fingerprint density at radius 1 is 0.944 bits per heavy atom. The Balaban J connectivity index is 5.22. The molecule has 1 N–H and O–H groups in total. The summed E-state index contributed by atoms with van der Waals surface area (Å²) in [5.41, 5.74) is 0.274. The molecule has 0 aliphatic carbocycles. The molecule has 0 bridgehead atoms. The lowest BCUT2D eigenvalue weighted by Crippen LogP contribution is -2.61. The summed E-state index contributed by atoms with van der Waals surface area (Å²) in [6, 6.07) is 0.599. The molecule has 0 rings (SSSR count). The van der Waals surface area contributed by atoms with Crippen molar-refractivity contribution in [2.45, 2.75) is 79.3 Å². The quantitative estimate of drug-likeness (QED) is 0.637. The Morgan fingerprint density at radius 2 is 1.44 bits per heavy atom. The van der Waals surface area contributed by atoms with E-state index in [1.165, 1.54) is 19.3 Å². The Kier molecular flexibility index (Phi) is 8.89. The molecule has 0 radical (unpaired) electrons. The molecule has 0 saturated heterocycles. The molecule has 18 heavy (non-hydrogen) atoms. The lowest BCUT2D eigenvalue weighted by molar-refractivity contribution is 0.0440. The Morgan fingerprint density at radius 3 is 1.72 bits per heavy atom. The minimum Gasteiger partial charge on any atom is -0.312 e. The van der Waals surface area contributed by atoms with Gasteiger partial charge < -0.3 is 5.32 Å². The van der Waals surface area contributed by atoms with Crippen LogP contribution in [0.15, 0.2) is 0 Å². The first kappa shape index (κ1) is 17.9. The third-order valence-electron chi connectivity index (χ3n) is 4.82. The predicted molar refractivity (Wildman–Crippen MR) is 83.2 cm³/mol. The summed E-state index contributed by atoms with van der Waals surface area (Å²) in [5, 5.41) is 3.78. The molecule has 0 aliphatic rings. The fourth-order valence-electron chi connectivity index (χ4n) is 3.46. The highest BCUT2D eigenvalue weighted by atomic mass is 15.2. The zero-order valence-electron chi connectivity index (χ0n) is 13.8. The number of rotatable bonds is 10. The van der Waals surface area contributed by atoms with Crippen LogP contribution in [0.3, 0.4) is 0 Å². The topological polar surface area (TPSA) is 15.3 Å². The standard InChI is InChI=1S/C16H36N2/c1-8-14(9-2)15(17-11-4)16(7,10-3)18(12-5)13-6/h14-15,17H,8-13H2,1-7H3. The zero-order valence-corrected chi connectivity index (χ0v) is 13.8. The lowest BCUT2D eigenvalue weighted by atomic mass is 9.77. The van der Waals surface area contributed by atoms with E-state index < -0.39 is 0 Å². The second-order valence-electron chi connectivity index (χ2n) is 5.49. The molecule has 0 aromatic carbocycles. The highest BCUT2D eigenvalue weighted by Gasteiger charge is 2.39. The van der Waals surface area contributed by atoms with Crippen molar-refractivity contribution in [1.82, 2.24) is 10.2 Å². The van der Waals surface area contributed by atoms with E-state index in [-0.39, 0.29) is 5.54 Å². The number of nitrogens with zero attached hydrogens (tertiary/aromatic N) is 1. The number of hydrogen-bond acceptors (Lipinski definition) is 2. The average Bonchev–Trinajstić information content (AvgIpc) is 2.40. The van der Waals surface area contributed by atoms with Crippen LogP contribution in [0, 0.1) is 5.92 Å². The molecule has 0 heterocycles. The van der Waals surface area contributed by atoms with Gasteiger partial charge in [0.25, 0.3) is 0 Å². The first-order chi connectivity index (χ1) is 8.55. The minimum atomic E-state index is 0.274. The van der Waals surface area contributed by atoms with E-state index in [4.69, 9.17) is 0 Å². The van der Waals surface area contributed by atoms with Gasteiger partial charge in [0.1, 0.15) is 0 Å². The van der Waals surface area contributed by atoms with E-state index >= 15 is 0 Å². The maximum atomic E-state index is 3.78. The maximum Gasteiger partial charge on any atom is 0.0334 e. The monoisotopic (exact) mass is 256 g/mol. The van der Waals surface area contributed by atoms with Gasteiger partial charge in [0.2, 0.25) is 0 Å². The minimum absolute atomic E-state index is 0.274. The van der Waals surface area contributed by atoms with Crippen LogP contribution in [-0.2, 0) is 0 Å². The summed E-state index contributed by atoms with van der Waals surface area (Å²) in [6.45, 7) is 19.6. The summed E-state index contributed by atoms with van der Waals surface area (Å²) in [5.74, 6) is 0.774. The van der Waals surface area contributed by atoms with Gasteiger partial charge in [-0.3, -0.25) is 4.90 Å². The first-order valence-electron chi connectivity index (χ1n) is 8.03. The highest BCUT2D eigenvalue weighted by Crippen LogP contribution is 2.31. The molecule has 2 unspecified atom stereocenters. The molecule has 0 amide bonds. The molecule has 0 aliphatic heterocycles. The van der Waals surface area contributed by atoms with E-state index in [1.54, 1.807) is 0 Å². The van der Waals surface area contributed by atoms with Crippen molar-refractivity contribution in [1.29, 1.82) is 0 Å². The van der Waals surface area contributed by atoms with Crippen LogP contribution >= 0.6 is 0 Å². The van der Waals surface area contributed by atoms with Gasteiger partial charge in [-0.25, -0.2) is 0 Å². The molecule has 2 heteroatoms. The Hall–Kier alpha value is -0.0800. The van der Waals surface area contributed by atoms with Crippen molar-refractivity contribution in [2.24, 2.45) is 5.92 Å². The van der Waals surface area contributed by atoms with E-state index in [2.05, 4.69) is 58.7 Å². The number of likely N-dealkylation sites (N-methyl/N-ethyl adjacent to an activating group) is 2. The highest BCUT2D eigenvalue weighted by molar-refractivity contribution is 4.98. The summed E-state index contributed by atoms with van der Waals surface area (Å²) in [6.07, 6.45) is 3.75. The SMILES string of the molecule is CCNC(C(CC)CC)C(C)(CC)N(CC)CC. The molecule has 0 spiro atoms. The van der Waals surface area contributed by atoms with Crippen molar-refractivity contribution in [3.63, 3.8) is 0 Å². The largest absolute Gasteiger partial charge is 0.312 e. The average molecular weight is 256 g/mol. The molecule has 0 fully saturated rings. The summed E-state index contributed by atoms with van der Waals surface area (Å²) < 4.78 is 0. The van der Waals surface area contributed by atoms with Crippen LogP contribution in [0.4, 0.5) is 0 Å². The van der Waals surface area contributed by atoms with E-state index in [0.29, 0.717) is 6.04 Å². The zero-order chi connectivity index (χ0) is 14.2. The van der Waals surface area contributed by atoms with Gasteiger partial charge in [0.05, 0.1) is 0 Å². The molecule has 0 aromatic rings. The van der Waals surface area contributed by atoms with Crippen LogP contribution in [0.1, 0.15) is 67.7 Å². The molecule has 2 nitrogen and oxygen atoms in total. The van der Waals surface area contributed by atoms with Gasteiger partial charge in [-0.1, -0.05) is 54.4 Å². The molecular weight excluding hydrogens is 220 g/mol.